The van der Waals surface area contributed by atoms with Gasteiger partial charge in [-0.2, -0.15) is 0 Å². The van der Waals surface area contributed by atoms with Gasteiger partial charge in [0.1, 0.15) is 5.82 Å². The number of rotatable bonds is 6. The molecule has 3 N–H and O–H groups in total. The topological polar surface area (TPSA) is 104 Å². The number of carbonyl (C=O) groups excluding carboxylic acids is 1. The van der Waals surface area contributed by atoms with Crippen molar-refractivity contribution in [3.63, 3.8) is 0 Å². The maximum atomic E-state index is 11.2. The van der Waals surface area contributed by atoms with Gasteiger partial charge in [0.25, 0.3) is 5.91 Å². The van der Waals surface area contributed by atoms with E-state index in [-0.39, 0.29) is 24.1 Å². The molecule has 0 saturated heterocycles. The van der Waals surface area contributed by atoms with Gasteiger partial charge in [0.2, 0.25) is 0 Å². The largest absolute Gasteiger partial charge is 0.481 e. The van der Waals surface area contributed by atoms with Gasteiger partial charge in [0.15, 0.2) is 5.69 Å². The van der Waals surface area contributed by atoms with Crippen LogP contribution in [0.4, 0.5) is 5.82 Å². The van der Waals surface area contributed by atoms with Gasteiger partial charge in [-0.25, -0.2) is 0 Å². The summed E-state index contributed by atoms with van der Waals surface area (Å²) in [6.07, 6.45) is 0.667. The lowest BCUT2D eigenvalue weighted by Gasteiger charge is -2.14. The van der Waals surface area contributed by atoms with Crippen molar-refractivity contribution in [3.8, 4) is 0 Å². The number of hydrogen-bond donors (Lipinski definition) is 3. The number of carboxylic acid groups (broad SMARTS) is 1. The summed E-state index contributed by atoms with van der Waals surface area (Å²) in [6, 6.07) is 2.92. The Balaban J connectivity index is 2.67. The van der Waals surface area contributed by atoms with Gasteiger partial charge in [0.05, 0.1) is 6.42 Å². The molecule has 0 saturated carbocycles. The summed E-state index contributed by atoms with van der Waals surface area (Å²) in [5, 5.41) is 21.7. The van der Waals surface area contributed by atoms with Crippen molar-refractivity contribution >= 4 is 17.7 Å². The van der Waals surface area contributed by atoms with Crippen LogP contribution >= 0.6 is 0 Å². The Morgan fingerprint density at radius 1 is 1.39 bits per heavy atom. The van der Waals surface area contributed by atoms with Crippen LogP contribution in [-0.4, -0.2) is 40.3 Å². The summed E-state index contributed by atoms with van der Waals surface area (Å²) in [6.45, 7) is 1.88. The van der Waals surface area contributed by atoms with Gasteiger partial charge in [-0.15, -0.1) is 10.2 Å². The fourth-order valence-electron chi connectivity index (χ4n) is 1.38. The predicted molar refractivity (Wildman–Crippen MR) is 65.4 cm³/mol. The third kappa shape index (κ3) is 4.00. The van der Waals surface area contributed by atoms with Crippen LogP contribution in [0.3, 0.4) is 0 Å². The maximum Gasteiger partial charge on any atom is 0.305 e. The molecule has 1 amide bonds. The van der Waals surface area contributed by atoms with Gasteiger partial charge in [-0.3, -0.25) is 9.59 Å². The van der Waals surface area contributed by atoms with Crippen LogP contribution in [0.25, 0.3) is 0 Å². The third-order valence-corrected chi connectivity index (χ3v) is 2.39. The first-order chi connectivity index (χ1) is 8.56. The van der Waals surface area contributed by atoms with Crippen LogP contribution in [0.2, 0.25) is 0 Å². The SMILES string of the molecule is CCC(CC(=O)O)Nc1ccc(C(=O)NC)nn1. The van der Waals surface area contributed by atoms with Crippen molar-refractivity contribution in [2.24, 2.45) is 0 Å². The molecule has 1 atom stereocenters. The molecule has 0 aliphatic carbocycles. The van der Waals surface area contributed by atoms with E-state index < -0.39 is 5.97 Å². The summed E-state index contributed by atoms with van der Waals surface area (Å²) in [5.74, 6) is -0.730. The van der Waals surface area contributed by atoms with Crippen molar-refractivity contribution in [1.29, 1.82) is 0 Å². The van der Waals surface area contributed by atoms with Crippen LogP contribution in [-0.2, 0) is 4.79 Å². The Hall–Kier alpha value is -2.18. The van der Waals surface area contributed by atoms with Gasteiger partial charge in [-0.1, -0.05) is 6.92 Å². The molecule has 0 aliphatic rings. The van der Waals surface area contributed by atoms with E-state index in [4.69, 9.17) is 5.11 Å². The van der Waals surface area contributed by atoms with Crippen molar-refractivity contribution in [3.05, 3.63) is 17.8 Å². The van der Waals surface area contributed by atoms with E-state index >= 15 is 0 Å². The highest BCUT2D eigenvalue weighted by atomic mass is 16.4. The van der Waals surface area contributed by atoms with E-state index in [9.17, 15) is 9.59 Å². The molecule has 0 spiro atoms. The normalized spacial score (nSPS) is 11.7. The van der Waals surface area contributed by atoms with Crippen molar-refractivity contribution in [2.45, 2.75) is 25.8 Å². The lowest BCUT2D eigenvalue weighted by Crippen LogP contribution is -2.24. The zero-order chi connectivity index (χ0) is 13.5. The van der Waals surface area contributed by atoms with E-state index in [1.54, 1.807) is 6.07 Å². The zero-order valence-electron chi connectivity index (χ0n) is 10.3. The van der Waals surface area contributed by atoms with Crippen molar-refractivity contribution in [2.75, 3.05) is 12.4 Å². The fraction of sp³-hybridized carbons (Fsp3) is 0.455. The Morgan fingerprint density at radius 2 is 2.11 bits per heavy atom. The summed E-state index contributed by atoms with van der Waals surface area (Å²) < 4.78 is 0. The standard InChI is InChI=1S/C11H16N4O3/c1-3-7(6-10(16)17)13-9-5-4-8(14-15-9)11(18)12-2/h4-5,7H,3,6H2,1-2H3,(H,12,18)(H,13,15)(H,16,17). The van der Waals surface area contributed by atoms with Gasteiger partial charge >= 0.3 is 5.97 Å². The molecule has 98 valence electrons. The molecule has 0 aliphatic heterocycles. The average molecular weight is 252 g/mol. The zero-order valence-corrected chi connectivity index (χ0v) is 10.3. The van der Waals surface area contributed by atoms with E-state index in [0.717, 1.165) is 0 Å². The van der Waals surface area contributed by atoms with Crippen LogP contribution in [0.15, 0.2) is 12.1 Å². The summed E-state index contributed by atoms with van der Waals surface area (Å²) in [5.41, 5.74) is 0.217. The number of nitrogens with zero attached hydrogens (tertiary/aromatic N) is 2. The molecule has 7 heteroatoms. The minimum atomic E-state index is -0.871. The second kappa shape index (κ2) is 6.53. The van der Waals surface area contributed by atoms with Crippen molar-refractivity contribution in [1.82, 2.24) is 15.5 Å². The number of carboxylic acids is 1. The molecule has 0 radical (unpaired) electrons. The minimum absolute atomic E-state index is 0.00930. The Labute approximate surface area is 105 Å². The quantitative estimate of drug-likeness (QED) is 0.681. The molecular formula is C11H16N4O3. The van der Waals surface area contributed by atoms with E-state index in [2.05, 4.69) is 20.8 Å². The molecule has 0 bridgehead atoms. The molecule has 18 heavy (non-hydrogen) atoms. The molecular weight excluding hydrogens is 236 g/mol. The number of anilines is 1. The van der Waals surface area contributed by atoms with E-state index in [1.165, 1.54) is 13.1 Å². The second-order valence-electron chi connectivity index (χ2n) is 3.73. The first-order valence-corrected chi connectivity index (χ1v) is 5.61. The fourth-order valence-corrected chi connectivity index (χ4v) is 1.38. The van der Waals surface area contributed by atoms with E-state index in [1.807, 2.05) is 6.92 Å². The Bertz CT molecular complexity index is 419. The summed E-state index contributed by atoms with van der Waals surface area (Å²) >= 11 is 0. The van der Waals surface area contributed by atoms with Gasteiger partial charge in [0, 0.05) is 13.1 Å². The third-order valence-electron chi connectivity index (χ3n) is 2.39. The lowest BCUT2D eigenvalue weighted by molar-refractivity contribution is -0.137. The number of amides is 1. The van der Waals surface area contributed by atoms with Crippen molar-refractivity contribution < 1.29 is 14.7 Å². The van der Waals surface area contributed by atoms with Gasteiger partial charge in [-0.05, 0) is 18.6 Å². The van der Waals surface area contributed by atoms with Crippen LogP contribution in [0.1, 0.15) is 30.3 Å². The first-order valence-electron chi connectivity index (χ1n) is 5.61. The number of hydrogen-bond acceptors (Lipinski definition) is 5. The summed E-state index contributed by atoms with van der Waals surface area (Å²) in [7, 11) is 1.51. The number of aromatic nitrogens is 2. The molecule has 1 unspecified atom stereocenters. The Morgan fingerprint density at radius 3 is 2.56 bits per heavy atom. The molecule has 7 nitrogen and oxygen atoms in total. The molecule has 0 fully saturated rings. The minimum Gasteiger partial charge on any atom is -0.481 e. The number of aliphatic carboxylic acids is 1. The van der Waals surface area contributed by atoms with E-state index in [0.29, 0.717) is 12.2 Å². The molecule has 1 rings (SSSR count). The highest BCUT2D eigenvalue weighted by Gasteiger charge is 2.12. The Kier molecular flexibility index (Phi) is 5.04. The second-order valence-corrected chi connectivity index (χ2v) is 3.73. The monoisotopic (exact) mass is 252 g/mol. The smallest absolute Gasteiger partial charge is 0.305 e. The van der Waals surface area contributed by atoms with Gasteiger partial charge < -0.3 is 15.7 Å². The molecule has 1 aromatic heterocycles. The highest BCUT2D eigenvalue weighted by Crippen LogP contribution is 2.08. The maximum absolute atomic E-state index is 11.2. The summed E-state index contributed by atoms with van der Waals surface area (Å²) in [4.78, 5) is 21.8. The first kappa shape index (κ1) is 13.9. The lowest BCUT2D eigenvalue weighted by atomic mass is 10.1. The van der Waals surface area contributed by atoms with Crippen LogP contribution < -0.4 is 10.6 Å². The number of nitrogens with one attached hydrogen (secondary N) is 2. The molecule has 1 heterocycles. The molecule has 1 aromatic rings. The predicted octanol–water partition coefficient (Wildman–Crippen LogP) is 0.501. The number of carbonyl (C=O) groups is 2. The molecule has 0 aromatic carbocycles. The highest BCUT2D eigenvalue weighted by molar-refractivity contribution is 5.91. The van der Waals surface area contributed by atoms with Crippen LogP contribution in [0, 0.1) is 0 Å². The van der Waals surface area contributed by atoms with Crippen LogP contribution in [0.5, 0.6) is 0 Å². The average Bonchev–Trinajstić information content (AvgIpc) is 2.37.